The van der Waals surface area contributed by atoms with E-state index in [9.17, 15) is 8.42 Å². The average Bonchev–Trinajstić information content (AvgIpc) is 3.20. The third kappa shape index (κ3) is 3.42. The Morgan fingerprint density at radius 3 is 2.62 bits per heavy atom. The first-order chi connectivity index (χ1) is 12.4. The van der Waals surface area contributed by atoms with Crippen molar-refractivity contribution in [2.24, 2.45) is 0 Å². The van der Waals surface area contributed by atoms with Gasteiger partial charge in [0.1, 0.15) is 5.69 Å². The molecule has 0 aliphatic carbocycles. The first-order valence-electron chi connectivity index (χ1n) is 7.58. The summed E-state index contributed by atoms with van der Waals surface area (Å²) in [5, 5.41) is 5.58. The molecule has 0 unspecified atom stereocenters. The molecule has 7 nitrogen and oxygen atoms in total. The third-order valence-corrected chi connectivity index (χ3v) is 4.53. The smallest absolute Gasteiger partial charge is 0.274 e. The Hall–Kier alpha value is -2.84. The van der Waals surface area contributed by atoms with Crippen LogP contribution in [0.25, 0.3) is 33.9 Å². The molecule has 2 N–H and O–H groups in total. The molecule has 0 saturated heterocycles. The molecule has 0 fully saturated rings. The molecule has 132 valence electrons. The molecule has 0 aliphatic rings. The van der Waals surface area contributed by atoms with Gasteiger partial charge in [0, 0.05) is 27.2 Å². The highest BCUT2D eigenvalue weighted by Crippen LogP contribution is 2.27. The van der Waals surface area contributed by atoms with Crippen molar-refractivity contribution in [2.75, 3.05) is 11.0 Å². The highest BCUT2D eigenvalue weighted by atomic mass is 35.5. The predicted molar refractivity (Wildman–Crippen MR) is 101 cm³/mol. The third-order valence-electron chi connectivity index (χ3n) is 3.69. The Bertz CT molecular complexity index is 1200. The molecule has 26 heavy (non-hydrogen) atoms. The number of anilines is 1. The van der Waals surface area contributed by atoms with E-state index in [2.05, 4.69) is 19.8 Å². The monoisotopic (exact) mass is 388 g/mol. The van der Waals surface area contributed by atoms with Gasteiger partial charge in [-0.15, -0.1) is 0 Å². The summed E-state index contributed by atoms with van der Waals surface area (Å²) in [4.78, 5) is 7.60. The molecule has 4 aromatic rings. The van der Waals surface area contributed by atoms with E-state index in [-0.39, 0.29) is 0 Å². The van der Waals surface area contributed by atoms with Gasteiger partial charge >= 0.3 is 0 Å². The summed E-state index contributed by atoms with van der Waals surface area (Å²) in [6.07, 6.45) is 1.10. The zero-order valence-electron chi connectivity index (χ0n) is 13.5. The maximum absolute atomic E-state index is 11.2. The maximum Gasteiger partial charge on any atom is 0.274 e. The van der Waals surface area contributed by atoms with E-state index in [0.717, 1.165) is 17.2 Å². The van der Waals surface area contributed by atoms with Crippen LogP contribution in [0.3, 0.4) is 0 Å². The van der Waals surface area contributed by atoms with Crippen molar-refractivity contribution in [3.8, 4) is 23.0 Å². The normalized spacial score (nSPS) is 11.8. The molecule has 0 radical (unpaired) electrons. The van der Waals surface area contributed by atoms with Crippen LogP contribution in [-0.4, -0.2) is 29.8 Å². The molecule has 9 heteroatoms. The largest absolute Gasteiger partial charge is 0.351 e. The van der Waals surface area contributed by atoms with Crippen molar-refractivity contribution in [3.05, 3.63) is 53.6 Å². The van der Waals surface area contributed by atoms with E-state index >= 15 is 0 Å². The Balaban J connectivity index is 1.62. The van der Waals surface area contributed by atoms with E-state index in [1.165, 1.54) is 0 Å². The summed E-state index contributed by atoms with van der Waals surface area (Å²) in [5.41, 5.74) is 2.78. The fourth-order valence-corrected chi connectivity index (χ4v) is 3.32. The second-order valence-electron chi connectivity index (χ2n) is 5.79. The lowest BCUT2D eigenvalue weighted by Crippen LogP contribution is -2.09. The molecule has 0 spiro atoms. The van der Waals surface area contributed by atoms with E-state index in [0.29, 0.717) is 33.7 Å². The van der Waals surface area contributed by atoms with Gasteiger partial charge in [0.2, 0.25) is 15.8 Å². The van der Waals surface area contributed by atoms with E-state index in [1.807, 2.05) is 18.2 Å². The van der Waals surface area contributed by atoms with Crippen LogP contribution in [0.4, 0.5) is 5.69 Å². The van der Waals surface area contributed by atoms with Gasteiger partial charge in [-0.3, -0.25) is 4.72 Å². The van der Waals surface area contributed by atoms with Gasteiger partial charge in [-0.25, -0.2) is 8.42 Å². The number of sulfonamides is 1. The summed E-state index contributed by atoms with van der Waals surface area (Å²) in [5.74, 6) is 0.758. The van der Waals surface area contributed by atoms with E-state index < -0.39 is 10.0 Å². The second kappa shape index (κ2) is 6.15. The Morgan fingerprint density at radius 1 is 1.12 bits per heavy atom. The SMILES string of the molecule is CS(=O)(=O)Nc1ccc(-c2noc(-c3cc4cc(Cl)ccc4[nH]3)n2)cc1. The summed E-state index contributed by atoms with van der Waals surface area (Å²) in [7, 11) is -3.32. The number of nitrogens with zero attached hydrogens (tertiary/aromatic N) is 2. The van der Waals surface area contributed by atoms with Crippen LogP contribution in [-0.2, 0) is 10.0 Å². The van der Waals surface area contributed by atoms with Crippen molar-refractivity contribution < 1.29 is 12.9 Å². The number of rotatable bonds is 4. The predicted octanol–water partition coefficient (Wildman–Crippen LogP) is 3.91. The standard InChI is InChI=1S/C17H13ClN4O3S/c1-26(23,24)22-13-5-2-10(3-6-13)16-20-17(25-21-16)15-9-11-8-12(18)4-7-14(11)19-15/h2-9,19,22H,1H3. The molecule has 0 aliphatic heterocycles. The molecule has 4 rings (SSSR count). The minimum atomic E-state index is -3.32. The number of hydrogen-bond acceptors (Lipinski definition) is 5. The quantitative estimate of drug-likeness (QED) is 0.552. The Labute approximate surface area is 154 Å². The summed E-state index contributed by atoms with van der Waals surface area (Å²) >= 11 is 6.00. The molecule has 0 saturated carbocycles. The minimum Gasteiger partial charge on any atom is -0.351 e. The summed E-state index contributed by atoms with van der Waals surface area (Å²) < 4.78 is 30.2. The molecular weight excluding hydrogens is 376 g/mol. The van der Waals surface area contributed by atoms with Crippen molar-refractivity contribution in [3.63, 3.8) is 0 Å². The van der Waals surface area contributed by atoms with Crippen LogP contribution in [0, 0.1) is 0 Å². The zero-order valence-corrected chi connectivity index (χ0v) is 15.1. The number of nitrogens with one attached hydrogen (secondary N) is 2. The fraction of sp³-hybridized carbons (Fsp3) is 0.0588. The number of fused-ring (bicyclic) bond motifs is 1. The summed E-state index contributed by atoms with van der Waals surface area (Å²) in [6, 6.07) is 14.1. The van der Waals surface area contributed by atoms with Crippen molar-refractivity contribution in [1.29, 1.82) is 0 Å². The zero-order chi connectivity index (χ0) is 18.3. The van der Waals surface area contributed by atoms with Crippen LogP contribution < -0.4 is 4.72 Å². The number of H-pyrrole nitrogens is 1. The molecule has 0 amide bonds. The van der Waals surface area contributed by atoms with Crippen molar-refractivity contribution in [2.45, 2.75) is 0 Å². The topological polar surface area (TPSA) is 101 Å². The molecular formula is C17H13ClN4O3S. The van der Waals surface area contributed by atoms with Gasteiger partial charge in [0.05, 0.1) is 6.26 Å². The number of benzene rings is 2. The average molecular weight is 389 g/mol. The number of hydrogen-bond donors (Lipinski definition) is 2. The molecule has 2 heterocycles. The van der Waals surface area contributed by atoms with Crippen LogP contribution in [0.5, 0.6) is 0 Å². The maximum atomic E-state index is 11.2. The van der Waals surface area contributed by atoms with Gasteiger partial charge in [-0.1, -0.05) is 16.8 Å². The van der Waals surface area contributed by atoms with Gasteiger partial charge in [-0.05, 0) is 48.5 Å². The first-order valence-corrected chi connectivity index (χ1v) is 9.85. The second-order valence-corrected chi connectivity index (χ2v) is 7.97. The highest BCUT2D eigenvalue weighted by Gasteiger charge is 2.13. The van der Waals surface area contributed by atoms with Crippen LogP contribution in [0.15, 0.2) is 53.1 Å². The molecule has 2 aromatic carbocycles. The lowest BCUT2D eigenvalue weighted by Gasteiger charge is -2.03. The van der Waals surface area contributed by atoms with Gasteiger partial charge < -0.3 is 9.51 Å². The van der Waals surface area contributed by atoms with E-state index in [4.69, 9.17) is 16.1 Å². The fourth-order valence-electron chi connectivity index (χ4n) is 2.57. The van der Waals surface area contributed by atoms with Gasteiger partial charge in [0.25, 0.3) is 5.89 Å². The van der Waals surface area contributed by atoms with E-state index in [1.54, 1.807) is 30.3 Å². The minimum absolute atomic E-state index is 0.352. The van der Waals surface area contributed by atoms with Crippen molar-refractivity contribution in [1.82, 2.24) is 15.1 Å². The molecule has 0 atom stereocenters. The number of aromatic amines is 1. The van der Waals surface area contributed by atoms with Gasteiger partial charge in [0.15, 0.2) is 0 Å². The highest BCUT2D eigenvalue weighted by molar-refractivity contribution is 7.92. The Kier molecular flexibility index (Phi) is 3.93. The van der Waals surface area contributed by atoms with Crippen molar-refractivity contribution >= 4 is 38.2 Å². The first kappa shape index (κ1) is 16.6. The van der Waals surface area contributed by atoms with Gasteiger partial charge in [-0.2, -0.15) is 4.98 Å². The molecule has 2 aromatic heterocycles. The number of aromatic nitrogens is 3. The van der Waals surface area contributed by atoms with Crippen LogP contribution in [0.1, 0.15) is 0 Å². The van der Waals surface area contributed by atoms with Crippen LogP contribution >= 0.6 is 11.6 Å². The molecule has 0 bridgehead atoms. The Morgan fingerprint density at radius 2 is 1.88 bits per heavy atom. The lowest BCUT2D eigenvalue weighted by molar-refractivity contribution is 0.431. The summed E-state index contributed by atoms with van der Waals surface area (Å²) in [6.45, 7) is 0. The van der Waals surface area contributed by atoms with Crippen LogP contribution in [0.2, 0.25) is 5.02 Å². The lowest BCUT2D eigenvalue weighted by atomic mass is 10.2. The number of halogens is 1.